The Labute approximate surface area is 83.7 Å². The van der Waals surface area contributed by atoms with Crippen molar-refractivity contribution >= 4 is 11.8 Å². The first-order valence-electron chi connectivity index (χ1n) is 4.53. The van der Waals surface area contributed by atoms with Crippen molar-refractivity contribution in [1.82, 2.24) is 9.55 Å². The number of nitrogens with zero attached hydrogens (tertiary/aromatic N) is 2. The predicted octanol–water partition coefficient (Wildman–Crippen LogP) is 1.27. The van der Waals surface area contributed by atoms with Crippen LogP contribution < -0.4 is 5.73 Å². The van der Waals surface area contributed by atoms with E-state index in [1.165, 1.54) is 0 Å². The van der Waals surface area contributed by atoms with Crippen LogP contribution in [0.25, 0.3) is 0 Å². The summed E-state index contributed by atoms with van der Waals surface area (Å²) in [5.74, 6) is 2.19. The summed E-state index contributed by atoms with van der Waals surface area (Å²) in [5.41, 5.74) is 5.52. The minimum absolute atomic E-state index is 0.559. The molecule has 0 saturated carbocycles. The molecule has 4 heteroatoms. The van der Waals surface area contributed by atoms with Gasteiger partial charge in [-0.15, -0.1) is 0 Å². The van der Waals surface area contributed by atoms with E-state index in [2.05, 4.69) is 16.5 Å². The van der Waals surface area contributed by atoms with Gasteiger partial charge in [-0.2, -0.15) is 11.8 Å². The molecule has 3 nitrogen and oxygen atoms in total. The van der Waals surface area contributed by atoms with Gasteiger partial charge in [-0.05, 0) is 6.92 Å². The van der Waals surface area contributed by atoms with Crippen LogP contribution >= 0.6 is 11.8 Å². The van der Waals surface area contributed by atoms with Gasteiger partial charge in [0, 0.05) is 36.5 Å². The Hall–Kier alpha value is -0.480. The molecule has 0 fully saturated rings. The smallest absolute Gasteiger partial charge is 0.105 e. The SMILES string of the molecule is Cc1nccn1CCSC(C)CN. The second-order valence-electron chi connectivity index (χ2n) is 3.08. The van der Waals surface area contributed by atoms with Crippen molar-refractivity contribution in [3.63, 3.8) is 0 Å². The summed E-state index contributed by atoms with van der Waals surface area (Å²) in [6.45, 7) is 5.97. The summed E-state index contributed by atoms with van der Waals surface area (Å²) in [5, 5.41) is 0.559. The van der Waals surface area contributed by atoms with Crippen LogP contribution in [0.3, 0.4) is 0 Å². The minimum atomic E-state index is 0.559. The normalized spacial score (nSPS) is 13.2. The fourth-order valence-corrected chi connectivity index (χ4v) is 1.90. The summed E-state index contributed by atoms with van der Waals surface area (Å²) in [6.07, 6.45) is 3.86. The van der Waals surface area contributed by atoms with E-state index in [-0.39, 0.29) is 0 Å². The minimum Gasteiger partial charge on any atom is -0.334 e. The Balaban J connectivity index is 2.24. The number of rotatable bonds is 5. The van der Waals surface area contributed by atoms with Gasteiger partial charge in [0.05, 0.1) is 0 Å². The molecule has 0 aliphatic carbocycles. The lowest BCUT2D eigenvalue weighted by atomic mass is 10.5. The van der Waals surface area contributed by atoms with E-state index in [1.807, 2.05) is 31.1 Å². The van der Waals surface area contributed by atoms with Crippen LogP contribution in [0.5, 0.6) is 0 Å². The number of nitrogens with two attached hydrogens (primary N) is 1. The van der Waals surface area contributed by atoms with Crippen LogP contribution in [0.2, 0.25) is 0 Å². The third-order valence-corrected chi connectivity index (χ3v) is 3.17. The Bertz CT molecular complexity index is 247. The van der Waals surface area contributed by atoms with E-state index in [1.54, 1.807) is 0 Å². The average Bonchev–Trinajstić information content (AvgIpc) is 2.52. The van der Waals surface area contributed by atoms with Crippen molar-refractivity contribution in [2.24, 2.45) is 5.73 Å². The zero-order valence-corrected chi connectivity index (χ0v) is 9.05. The molecule has 0 aliphatic rings. The number of thioether (sulfide) groups is 1. The highest BCUT2D eigenvalue weighted by molar-refractivity contribution is 7.99. The molecule has 13 heavy (non-hydrogen) atoms. The maximum Gasteiger partial charge on any atom is 0.105 e. The standard InChI is InChI=1S/C9H17N3S/c1-8(7-10)13-6-5-12-4-3-11-9(12)2/h3-4,8H,5-7,10H2,1-2H3. The van der Waals surface area contributed by atoms with E-state index < -0.39 is 0 Å². The highest BCUT2D eigenvalue weighted by Gasteiger charge is 2.00. The molecule has 1 unspecified atom stereocenters. The van der Waals surface area contributed by atoms with Gasteiger partial charge < -0.3 is 10.3 Å². The van der Waals surface area contributed by atoms with Crippen LogP contribution in [0.15, 0.2) is 12.4 Å². The molecule has 0 bridgehead atoms. The number of imidazole rings is 1. The van der Waals surface area contributed by atoms with Crippen molar-refractivity contribution in [3.05, 3.63) is 18.2 Å². The molecule has 0 aliphatic heterocycles. The zero-order chi connectivity index (χ0) is 9.68. The molecule has 1 aromatic rings. The molecular weight excluding hydrogens is 182 g/mol. The highest BCUT2D eigenvalue weighted by atomic mass is 32.2. The second-order valence-corrected chi connectivity index (χ2v) is 4.63. The fraction of sp³-hybridized carbons (Fsp3) is 0.667. The van der Waals surface area contributed by atoms with E-state index >= 15 is 0 Å². The molecule has 1 heterocycles. The quantitative estimate of drug-likeness (QED) is 0.776. The van der Waals surface area contributed by atoms with E-state index in [0.717, 1.165) is 24.7 Å². The second kappa shape index (κ2) is 5.29. The lowest BCUT2D eigenvalue weighted by Crippen LogP contribution is -2.14. The third-order valence-electron chi connectivity index (χ3n) is 1.99. The molecule has 0 saturated heterocycles. The Kier molecular flexibility index (Phi) is 4.32. The lowest BCUT2D eigenvalue weighted by molar-refractivity contribution is 0.736. The van der Waals surface area contributed by atoms with Crippen molar-refractivity contribution in [2.45, 2.75) is 25.6 Å². The van der Waals surface area contributed by atoms with Crippen LogP contribution in [0, 0.1) is 6.92 Å². The van der Waals surface area contributed by atoms with Crippen molar-refractivity contribution in [2.75, 3.05) is 12.3 Å². The number of aromatic nitrogens is 2. The maximum atomic E-state index is 5.52. The first-order chi connectivity index (χ1) is 6.24. The molecule has 1 rings (SSSR count). The number of hydrogen-bond acceptors (Lipinski definition) is 3. The summed E-state index contributed by atoms with van der Waals surface area (Å²) >= 11 is 1.91. The summed E-state index contributed by atoms with van der Waals surface area (Å²) < 4.78 is 2.16. The first-order valence-corrected chi connectivity index (χ1v) is 5.58. The topological polar surface area (TPSA) is 43.8 Å². The maximum absolute atomic E-state index is 5.52. The molecule has 0 spiro atoms. The Morgan fingerprint density at radius 1 is 1.69 bits per heavy atom. The molecule has 74 valence electrons. The van der Waals surface area contributed by atoms with Crippen LogP contribution in [0.4, 0.5) is 0 Å². The van der Waals surface area contributed by atoms with E-state index in [4.69, 9.17) is 5.73 Å². The van der Waals surface area contributed by atoms with Gasteiger partial charge in [-0.25, -0.2) is 4.98 Å². The van der Waals surface area contributed by atoms with Gasteiger partial charge in [-0.1, -0.05) is 6.92 Å². The van der Waals surface area contributed by atoms with Crippen molar-refractivity contribution < 1.29 is 0 Å². The molecule has 0 aromatic carbocycles. The largest absolute Gasteiger partial charge is 0.334 e. The Morgan fingerprint density at radius 2 is 2.46 bits per heavy atom. The van der Waals surface area contributed by atoms with Gasteiger partial charge >= 0.3 is 0 Å². The van der Waals surface area contributed by atoms with Gasteiger partial charge in [-0.3, -0.25) is 0 Å². The third kappa shape index (κ3) is 3.40. The van der Waals surface area contributed by atoms with Gasteiger partial charge in [0.15, 0.2) is 0 Å². The molecule has 0 radical (unpaired) electrons. The monoisotopic (exact) mass is 199 g/mol. The van der Waals surface area contributed by atoms with Gasteiger partial charge in [0.25, 0.3) is 0 Å². The highest BCUT2D eigenvalue weighted by Crippen LogP contribution is 2.09. The average molecular weight is 199 g/mol. The first kappa shape index (κ1) is 10.6. The van der Waals surface area contributed by atoms with Crippen molar-refractivity contribution in [3.8, 4) is 0 Å². The lowest BCUT2D eigenvalue weighted by Gasteiger charge is -2.08. The van der Waals surface area contributed by atoms with E-state index in [9.17, 15) is 0 Å². The van der Waals surface area contributed by atoms with Gasteiger partial charge in [0.2, 0.25) is 0 Å². The molecule has 0 amide bonds. The van der Waals surface area contributed by atoms with Crippen molar-refractivity contribution in [1.29, 1.82) is 0 Å². The van der Waals surface area contributed by atoms with Crippen LogP contribution in [-0.2, 0) is 6.54 Å². The number of hydrogen-bond donors (Lipinski definition) is 1. The number of aryl methyl sites for hydroxylation is 2. The van der Waals surface area contributed by atoms with Gasteiger partial charge in [0.1, 0.15) is 5.82 Å². The van der Waals surface area contributed by atoms with Crippen LogP contribution in [-0.4, -0.2) is 27.1 Å². The summed E-state index contributed by atoms with van der Waals surface area (Å²) in [7, 11) is 0. The molecular formula is C9H17N3S. The fourth-order valence-electron chi connectivity index (χ4n) is 1.06. The van der Waals surface area contributed by atoms with Crippen LogP contribution in [0.1, 0.15) is 12.7 Å². The molecule has 1 aromatic heterocycles. The summed E-state index contributed by atoms with van der Waals surface area (Å²) in [6, 6.07) is 0. The zero-order valence-electron chi connectivity index (χ0n) is 8.23. The van der Waals surface area contributed by atoms with E-state index in [0.29, 0.717) is 5.25 Å². The predicted molar refractivity (Wildman–Crippen MR) is 57.9 cm³/mol. The Morgan fingerprint density at radius 3 is 3.00 bits per heavy atom. The summed E-state index contributed by atoms with van der Waals surface area (Å²) in [4.78, 5) is 4.16. The molecule has 1 atom stereocenters. The molecule has 2 N–H and O–H groups in total.